The maximum absolute atomic E-state index is 10.7. The molecular formula is C9H11N3O2. The van der Waals surface area contributed by atoms with Gasteiger partial charge in [0, 0.05) is 18.6 Å². The van der Waals surface area contributed by atoms with Crippen molar-refractivity contribution in [1.29, 1.82) is 0 Å². The summed E-state index contributed by atoms with van der Waals surface area (Å²) in [6.45, 7) is 0. The molecule has 1 fully saturated rings. The van der Waals surface area contributed by atoms with E-state index in [1.807, 2.05) is 0 Å². The Morgan fingerprint density at radius 1 is 1.50 bits per heavy atom. The Morgan fingerprint density at radius 3 is 2.93 bits per heavy atom. The van der Waals surface area contributed by atoms with E-state index in [0.29, 0.717) is 6.42 Å². The fraction of sp³-hybridized carbons (Fsp3) is 0.444. The smallest absolute Gasteiger partial charge is 0.320 e. The van der Waals surface area contributed by atoms with Gasteiger partial charge in [-0.05, 0) is 12.8 Å². The summed E-state index contributed by atoms with van der Waals surface area (Å²) in [6, 6.07) is -0.410. The highest BCUT2D eigenvalue weighted by atomic mass is 16.4. The Balaban J connectivity index is 2.06. The fourth-order valence-corrected chi connectivity index (χ4v) is 1.66. The molecule has 5 heteroatoms. The first kappa shape index (κ1) is 9.08. The van der Waals surface area contributed by atoms with Crippen molar-refractivity contribution >= 4 is 5.97 Å². The summed E-state index contributed by atoms with van der Waals surface area (Å²) in [6.07, 6.45) is 6.34. The summed E-state index contributed by atoms with van der Waals surface area (Å²) in [4.78, 5) is 18.8. The first-order valence-electron chi connectivity index (χ1n) is 4.52. The van der Waals surface area contributed by atoms with Crippen molar-refractivity contribution in [3.8, 4) is 0 Å². The standard InChI is InChI=1S/C9H11N3O2/c13-9(14)7-2-1-6(12-7)8-5-10-3-4-11-8/h3-7,12H,1-2H2,(H,13,14)/t6-,7+/m1/s1. The van der Waals surface area contributed by atoms with Crippen molar-refractivity contribution in [2.24, 2.45) is 0 Å². The Bertz CT molecular complexity index is 328. The molecule has 5 nitrogen and oxygen atoms in total. The average molecular weight is 193 g/mol. The number of hydrogen-bond acceptors (Lipinski definition) is 4. The molecule has 0 bridgehead atoms. The average Bonchev–Trinajstić information content (AvgIpc) is 2.68. The molecule has 0 aromatic carbocycles. The number of aliphatic carboxylic acids is 1. The molecule has 0 radical (unpaired) electrons. The molecule has 0 saturated carbocycles. The van der Waals surface area contributed by atoms with E-state index in [9.17, 15) is 4.79 Å². The molecule has 0 aliphatic carbocycles. The van der Waals surface area contributed by atoms with Gasteiger partial charge in [-0.15, -0.1) is 0 Å². The summed E-state index contributed by atoms with van der Waals surface area (Å²) in [7, 11) is 0. The van der Waals surface area contributed by atoms with Gasteiger partial charge in [-0.2, -0.15) is 0 Å². The van der Waals surface area contributed by atoms with Gasteiger partial charge in [0.1, 0.15) is 6.04 Å². The number of nitrogens with zero attached hydrogens (tertiary/aromatic N) is 2. The fourth-order valence-electron chi connectivity index (χ4n) is 1.66. The summed E-state index contributed by atoms with van der Waals surface area (Å²) < 4.78 is 0. The second kappa shape index (κ2) is 3.71. The molecule has 0 amide bonds. The van der Waals surface area contributed by atoms with E-state index in [1.165, 1.54) is 0 Å². The van der Waals surface area contributed by atoms with Crippen LogP contribution >= 0.6 is 0 Å². The lowest BCUT2D eigenvalue weighted by Gasteiger charge is -2.09. The van der Waals surface area contributed by atoms with Crippen LogP contribution in [0.4, 0.5) is 0 Å². The number of aromatic nitrogens is 2. The molecule has 1 saturated heterocycles. The molecule has 0 unspecified atom stereocenters. The van der Waals surface area contributed by atoms with Crippen molar-refractivity contribution in [3.63, 3.8) is 0 Å². The minimum Gasteiger partial charge on any atom is -0.480 e. The van der Waals surface area contributed by atoms with E-state index in [2.05, 4.69) is 15.3 Å². The number of carboxylic acid groups (broad SMARTS) is 1. The van der Waals surface area contributed by atoms with E-state index >= 15 is 0 Å². The monoisotopic (exact) mass is 193 g/mol. The van der Waals surface area contributed by atoms with Crippen LogP contribution in [-0.2, 0) is 4.79 Å². The van der Waals surface area contributed by atoms with E-state index in [4.69, 9.17) is 5.11 Å². The van der Waals surface area contributed by atoms with Crippen molar-refractivity contribution in [2.45, 2.75) is 24.9 Å². The van der Waals surface area contributed by atoms with Gasteiger partial charge in [0.2, 0.25) is 0 Å². The third-order valence-corrected chi connectivity index (χ3v) is 2.38. The Labute approximate surface area is 81.2 Å². The van der Waals surface area contributed by atoms with Gasteiger partial charge in [0.15, 0.2) is 0 Å². The van der Waals surface area contributed by atoms with Crippen LogP contribution in [0.3, 0.4) is 0 Å². The van der Waals surface area contributed by atoms with Crippen molar-refractivity contribution in [1.82, 2.24) is 15.3 Å². The molecule has 1 aliphatic heterocycles. The maximum atomic E-state index is 10.7. The highest BCUT2D eigenvalue weighted by Gasteiger charge is 2.30. The van der Waals surface area contributed by atoms with Gasteiger partial charge in [0.25, 0.3) is 0 Å². The van der Waals surface area contributed by atoms with E-state index in [0.717, 1.165) is 12.1 Å². The largest absolute Gasteiger partial charge is 0.480 e. The van der Waals surface area contributed by atoms with Crippen molar-refractivity contribution in [3.05, 3.63) is 24.3 Å². The Kier molecular flexibility index (Phi) is 2.41. The molecule has 14 heavy (non-hydrogen) atoms. The van der Waals surface area contributed by atoms with Crippen LogP contribution in [0.2, 0.25) is 0 Å². The Morgan fingerprint density at radius 2 is 2.36 bits per heavy atom. The number of nitrogens with one attached hydrogen (secondary N) is 1. The quantitative estimate of drug-likeness (QED) is 0.709. The topological polar surface area (TPSA) is 75.1 Å². The minimum absolute atomic E-state index is 0.0322. The highest BCUT2D eigenvalue weighted by molar-refractivity contribution is 5.73. The molecule has 74 valence electrons. The second-order valence-corrected chi connectivity index (χ2v) is 3.32. The molecule has 2 rings (SSSR count). The number of carboxylic acids is 1. The molecular weight excluding hydrogens is 182 g/mol. The summed E-state index contributed by atoms with van der Waals surface area (Å²) in [5.74, 6) is -0.795. The van der Waals surface area contributed by atoms with Gasteiger partial charge in [-0.3, -0.25) is 20.1 Å². The molecule has 2 heterocycles. The maximum Gasteiger partial charge on any atom is 0.320 e. The third-order valence-electron chi connectivity index (χ3n) is 2.38. The SMILES string of the molecule is O=C(O)[C@@H]1CC[C@H](c2cnccn2)N1. The number of rotatable bonds is 2. The highest BCUT2D eigenvalue weighted by Crippen LogP contribution is 2.24. The van der Waals surface area contributed by atoms with Gasteiger partial charge in [-0.1, -0.05) is 0 Å². The molecule has 1 aromatic heterocycles. The predicted octanol–water partition coefficient (Wildman–Crippen LogP) is 0.354. The summed E-state index contributed by atoms with van der Waals surface area (Å²) >= 11 is 0. The third kappa shape index (κ3) is 1.72. The van der Waals surface area contributed by atoms with Crippen LogP contribution in [0.25, 0.3) is 0 Å². The number of hydrogen-bond donors (Lipinski definition) is 2. The van der Waals surface area contributed by atoms with Gasteiger partial charge in [-0.25, -0.2) is 0 Å². The lowest BCUT2D eigenvalue weighted by Crippen LogP contribution is -2.32. The van der Waals surface area contributed by atoms with Crippen LogP contribution < -0.4 is 5.32 Å². The normalized spacial score (nSPS) is 26.3. The van der Waals surface area contributed by atoms with Crippen LogP contribution in [0.5, 0.6) is 0 Å². The lowest BCUT2D eigenvalue weighted by atomic mass is 10.1. The zero-order chi connectivity index (χ0) is 9.97. The summed E-state index contributed by atoms with van der Waals surface area (Å²) in [5, 5.41) is 11.8. The van der Waals surface area contributed by atoms with E-state index < -0.39 is 12.0 Å². The lowest BCUT2D eigenvalue weighted by molar-refractivity contribution is -0.139. The first-order valence-corrected chi connectivity index (χ1v) is 4.52. The zero-order valence-corrected chi connectivity index (χ0v) is 7.55. The molecule has 2 atom stereocenters. The van der Waals surface area contributed by atoms with Gasteiger partial charge >= 0.3 is 5.97 Å². The van der Waals surface area contributed by atoms with Gasteiger partial charge < -0.3 is 5.11 Å². The van der Waals surface area contributed by atoms with E-state index in [1.54, 1.807) is 18.6 Å². The van der Waals surface area contributed by atoms with Crippen LogP contribution in [0, 0.1) is 0 Å². The molecule has 2 N–H and O–H groups in total. The molecule has 0 spiro atoms. The van der Waals surface area contributed by atoms with Crippen molar-refractivity contribution in [2.75, 3.05) is 0 Å². The molecule has 1 aliphatic rings. The zero-order valence-electron chi connectivity index (χ0n) is 7.55. The van der Waals surface area contributed by atoms with Crippen LogP contribution in [-0.4, -0.2) is 27.1 Å². The minimum atomic E-state index is -0.795. The van der Waals surface area contributed by atoms with E-state index in [-0.39, 0.29) is 6.04 Å². The van der Waals surface area contributed by atoms with Gasteiger partial charge in [0.05, 0.1) is 11.7 Å². The predicted molar refractivity (Wildman–Crippen MR) is 48.6 cm³/mol. The Hall–Kier alpha value is -1.49. The summed E-state index contributed by atoms with van der Waals surface area (Å²) in [5.41, 5.74) is 0.816. The first-order chi connectivity index (χ1) is 6.77. The number of carbonyl (C=O) groups is 1. The second-order valence-electron chi connectivity index (χ2n) is 3.32. The van der Waals surface area contributed by atoms with Crippen LogP contribution in [0.15, 0.2) is 18.6 Å². The molecule has 1 aromatic rings. The van der Waals surface area contributed by atoms with Crippen molar-refractivity contribution < 1.29 is 9.90 Å². The van der Waals surface area contributed by atoms with Crippen LogP contribution in [0.1, 0.15) is 24.6 Å².